The van der Waals surface area contributed by atoms with Gasteiger partial charge in [0, 0.05) is 18.4 Å². The summed E-state index contributed by atoms with van der Waals surface area (Å²) in [6.07, 6.45) is 1.48. The van der Waals surface area contributed by atoms with Crippen LogP contribution in [0.1, 0.15) is 44.1 Å². The molecule has 0 saturated heterocycles. The molecule has 5 heteroatoms. The molecule has 25 heavy (non-hydrogen) atoms. The summed E-state index contributed by atoms with van der Waals surface area (Å²) in [5.74, 6) is 1.02. The molecule has 0 fully saturated rings. The van der Waals surface area contributed by atoms with Crippen LogP contribution in [-0.4, -0.2) is 34.7 Å². The number of nitrogens with zero attached hydrogens (tertiary/aromatic N) is 2. The Hall–Kier alpha value is -2.30. The summed E-state index contributed by atoms with van der Waals surface area (Å²) in [7, 11) is 1.86. The van der Waals surface area contributed by atoms with E-state index in [1.807, 2.05) is 31.3 Å². The van der Waals surface area contributed by atoms with Gasteiger partial charge in [-0.15, -0.1) is 0 Å². The lowest BCUT2D eigenvalue weighted by Gasteiger charge is -2.22. The Morgan fingerprint density at radius 2 is 2.12 bits per heavy atom. The topological polar surface area (TPSA) is 58.2 Å². The summed E-state index contributed by atoms with van der Waals surface area (Å²) in [5.41, 5.74) is 3.09. The van der Waals surface area contributed by atoms with Crippen LogP contribution in [0.3, 0.4) is 0 Å². The number of carbonyl (C=O) groups excluding carboxylic acids is 1. The van der Waals surface area contributed by atoms with E-state index in [1.54, 1.807) is 4.90 Å². The van der Waals surface area contributed by atoms with Gasteiger partial charge in [-0.25, -0.2) is 0 Å². The average Bonchev–Trinajstić information content (AvgIpc) is 2.93. The predicted octanol–water partition coefficient (Wildman–Crippen LogP) is 3.31. The highest BCUT2D eigenvalue weighted by atomic mass is 16.5. The van der Waals surface area contributed by atoms with Crippen molar-refractivity contribution in [1.82, 2.24) is 15.1 Å². The van der Waals surface area contributed by atoms with Gasteiger partial charge in [0.25, 0.3) is 0 Å². The minimum atomic E-state index is -0.0429. The van der Waals surface area contributed by atoms with Crippen molar-refractivity contribution in [2.24, 2.45) is 5.92 Å². The number of benzene rings is 1. The van der Waals surface area contributed by atoms with E-state index in [0.717, 1.165) is 35.5 Å². The maximum Gasteiger partial charge on any atom is 0.226 e. The first-order chi connectivity index (χ1) is 11.8. The maximum absolute atomic E-state index is 12.9. The first kappa shape index (κ1) is 17.5. The molecule has 1 amide bonds. The number of fused-ring (bicyclic) bond motifs is 1. The molecule has 1 N–H and O–H groups in total. The number of hydrogen-bond donors (Lipinski definition) is 1. The zero-order valence-corrected chi connectivity index (χ0v) is 15.5. The van der Waals surface area contributed by atoms with Gasteiger partial charge in [-0.1, -0.05) is 39.0 Å². The molecule has 2 heterocycles. The lowest BCUT2D eigenvalue weighted by Crippen LogP contribution is -2.34. The number of aromatic nitrogens is 2. The predicted molar refractivity (Wildman–Crippen MR) is 97.5 cm³/mol. The third kappa shape index (κ3) is 4.03. The second-order valence-electron chi connectivity index (χ2n) is 7.87. The van der Waals surface area contributed by atoms with Gasteiger partial charge in [0.15, 0.2) is 0 Å². The molecule has 0 unspecified atom stereocenters. The number of aromatic amines is 1. The van der Waals surface area contributed by atoms with Crippen LogP contribution in [0.4, 0.5) is 0 Å². The minimum Gasteiger partial charge on any atom is -0.493 e. The summed E-state index contributed by atoms with van der Waals surface area (Å²) >= 11 is 0. The number of H-pyrrole nitrogens is 1. The number of ether oxygens (including phenoxy) is 1. The van der Waals surface area contributed by atoms with Crippen molar-refractivity contribution in [2.45, 2.75) is 45.6 Å². The molecule has 134 valence electrons. The molecule has 0 saturated carbocycles. The molecule has 1 atom stereocenters. The minimum absolute atomic E-state index is 0.000331. The molecule has 0 bridgehead atoms. The maximum atomic E-state index is 12.9. The van der Waals surface area contributed by atoms with Crippen LogP contribution in [0, 0.1) is 5.92 Å². The van der Waals surface area contributed by atoms with E-state index in [-0.39, 0.29) is 17.2 Å². The van der Waals surface area contributed by atoms with E-state index < -0.39 is 0 Å². The Labute approximate surface area is 149 Å². The van der Waals surface area contributed by atoms with E-state index in [2.05, 4.69) is 37.0 Å². The van der Waals surface area contributed by atoms with Gasteiger partial charge in [0.2, 0.25) is 5.91 Å². The van der Waals surface area contributed by atoms with Crippen molar-refractivity contribution >= 4 is 5.91 Å². The highest BCUT2D eigenvalue weighted by molar-refractivity contribution is 5.79. The normalized spacial score (nSPS) is 17.4. The average molecular weight is 341 g/mol. The molecule has 5 nitrogen and oxygen atoms in total. The Balaban J connectivity index is 1.67. The van der Waals surface area contributed by atoms with Crippen molar-refractivity contribution in [3.05, 3.63) is 47.3 Å². The molecule has 0 radical (unpaired) electrons. The van der Waals surface area contributed by atoms with Crippen LogP contribution in [-0.2, 0) is 23.2 Å². The quantitative estimate of drug-likeness (QED) is 0.932. The third-order valence-electron chi connectivity index (χ3n) is 4.70. The molecular formula is C20H27N3O2. The van der Waals surface area contributed by atoms with Gasteiger partial charge in [-0.3, -0.25) is 9.89 Å². The summed E-state index contributed by atoms with van der Waals surface area (Å²) in [4.78, 5) is 14.7. The summed E-state index contributed by atoms with van der Waals surface area (Å²) in [5, 5.41) is 7.43. The lowest BCUT2D eigenvalue weighted by atomic mass is 9.92. The van der Waals surface area contributed by atoms with Gasteiger partial charge >= 0.3 is 0 Å². The molecule has 0 aliphatic carbocycles. The molecule has 1 aliphatic heterocycles. The third-order valence-corrected chi connectivity index (χ3v) is 4.70. The fraction of sp³-hybridized carbons (Fsp3) is 0.500. The Morgan fingerprint density at radius 3 is 2.84 bits per heavy atom. The van der Waals surface area contributed by atoms with Crippen LogP contribution in [0.15, 0.2) is 30.3 Å². The number of hydrogen-bond acceptors (Lipinski definition) is 3. The van der Waals surface area contributed by atoms with Gasteiger partial charge in [0.05, 0.1) is 24.5 Å². The first-order valence-electron chi connectivity index (χ1n) is 8.85. The number of para-hydroxylation sites is 1. The van der Waals surface area contributed by atoms with Crippen LogP contribution >= 0.6 is 0 Å². The van der Waals surface area contributed by atoms with E-state index in [9.17, 15) is 4.79 Å². The fourth-order valence-corrected chi connectivity index (χ4v) is 3.17. The lowest BCUT2D eigenvalue weighted by molar-refractivity contribution is -0.135. The van der Waals surface area contributed by atoms with Crippen LogP contribution < -0.4 is 4.74 Å². The fourth-order valence-electron chi connectivity index (χ4n) is 3.17. The smallest absolute Gasteiger partial charge is 0.226 e. The Bertz CT molecular complexity index is 745. The monoisotopic (exact) mass is 341 g/mol. The summed E-state index contributed by atoms with van der Waals surface area (Å²) < 4.78 is 5.78. The summed E-state index contributed by atoms with van der Waals surface area (Å²) in [6, 6.07) is 10.0. The van der Waals surface area contributed by atoms with E-state index in [0.29, 0.717) is 13.2 Å². The van der Waals surface area contributed by atoms with Crippen LogP contribution in [0.2, 0.25) is 0 Å². The molecule has 2 aromatic rings. The molecule has 1 aromatic heterocycles. The molecular weight excluding hydrogens is 314 g/mol. The molecule has 1 aliphatic rings. The van der Waals surface area contributed by atoms with Crippen LogP contribution in [0.25, 0.3) is 0 Å². The SMILES string of the molecule is CN(Cc1cc(C(C)(C)C)n[nH]1)C(=O)[C@@H]1CCOc2ccccc2C1. The van der Waals surface area contributed by atoms with Crippen molar-refractivity contribution in [1.29, 1.82) is 0 Å². The van der Waals surface area contributed by atoms with Crippen molar-refractivity contribution in [3.63, 3.8) is 0 Å². The zero-order valence-electron chi connectivity index (χ0n) is 15.5. The molecule has 0 spiro atoms. The highest BCUT2D eigenvalue weighted by Gasteiger charge is 2.26. The number of rotatable bonds is 3. The number of nitrogens with one attached hydrogen (secondary N) is 1. The Morgan fingerprint density at radius 1 is 1.36 bits per heavy atom. The standard InChI is InChI=1S/C20H27N3O2/c1-20(2,3)18-12-16(21-22-18)13-23(4)19(24)15-9-10-25-17-8-6-5-7-14(17)11-15/h5-8,12,15H,9-11,13H2,1-4H3,(H,21,22)/t15-/m1/s1. The second-order valence-corrected chi connectivity index (χ2v) is 7.87. The zero-order chi connectivity index (χ0) is 18.0. The summed E-state index contributed by atoms with van der Waals surface area (Å²) in [6.45, 7) is 7.51. The van der Waals surface area contributed by atoms with Gasteiger partial charge in [-0.2, -0.15) is 5.10 Å². The van der Waals surface area contributed by atoms with E-state index in [1.165, 1.54) is 0 Å². The molecule has 1 aromatic carbocycles. The van der Waals surface area contributed by atoms with Gasteiger partial charge in [-0.05, 0) is 30.5 Å². The van der Waals surface area contributed by atoms with Gasteiger partial charge < -0.3 is 9.64 Å². The molecule has 3 rings (SSSR count). The Kier molecular flexibility index (Phi) is 4.84. The van der Waals surface area contributed by atoms with E-state index in [4.69, 9.17) is 4.74 Å². The van der Waals surface area contributed by atoms with Crippen molar-refractivity contribution in [2.75, 3.05) is 13.7 Å². The second kappa shape index (κ2) is 6.90. The van der Waals surface area contributed by atoms with Crippen molar-refractivity contribution in [3.8, 4) is 5.75 Å². The van der Waals surface area contributed by atoms with E-state index >= 15 is 0 Å². The number of carbonyl (C=O) groups is 1. The van der Waals surface area contributed by atoms with Crippen LogP contribution in [0.5, 0.6) is 5.75 Å². The highest BCUT2D eigenvalue weighted by Crippen LogP contribution is 2.28. The largest absolute Gasteiger partial charge is 0.493 e. The van der Waals surface area contributed by atoms with Crippen molar-refractivity contribution < 1.29 is 9.53 Å². The first-order valence-corrected chi connectivity index (χ1v) is 8.85. The van der Waals surface area contributed by atoms with Gasteiger partial charge in [0.1, 0.15) is 5.75 Å². The number of amides is 1.